The van der Waals surface area contributed by atoms with E-state index in [9.17, 15) is 4.79 Å². The summed E-state index contributed by atoms with van der Waals surface area (Å²) in [6, 6.07) is 14.6. The number of ether oxygens (including phenoxy) is 2. The minimum absolute atomic E-state index is 0.0149. The first-order chi connectivity index (χ1) is 10.1. The second-order valence-electron chi connectivity index (χ2n) is 4.92. The predicted molar refractivity (Wildman–Crippen MR) is 83.2 cm³/mol. The monoisotopic (exact) mass is 284 g/mol. The maximum Gasteiger partial charge on any atom is 0.200 e. The van der Waals surface area contributed by atoms with E-state index >= 15 is 0 Å². The fourth-order valence-electron chi connectivity index (χ4n) is 2.09. The molecule has 0 aromatic heterocycles. The van der Waals surface area contributed by atoms with Crippen LogP contribution >= 0.6 is 0 Å². The Kier molecular flexibility index (Phi) is 4.99. The van der Waals surface area contributed by atoms with Crippen molar-refractivity contribution in [2.75, 3.05) is 6.61 Å². The van der Waals surface area contributed by atoms with Crippen molar-refractivity contribution in [2.45, 2.75) is 26.9 Å². The van der Waals surface area contributed by atoms with E-state index in [0.29, 0.717) is 29.2 Å². The van der Waals surface area contributed by atoms with Gasteiger partial charge in [0, 0.05) is 0 Å². The summed E-state index contributed by atoms with van der Waals surface area (Å²) in [4.78, 5) is 12.8. The summed E-state index contributed by atoms with van der Waals surface area (Å²) in [5, 5.41) is 0. The zero-order valence-electron chi connectivity index (χ0n) is 12.6. The topological polar surface area (TPSA) is 35.5 Å². The molecule has 110 valence electrons. The van der Waals surface area contributed by atoms with Crippen molar-refractivity contribution >= 4 is 5.78 Å². The maximum absolute atomic E-state index is 12.8. The first-order valence-corrected chi connectivity index (χ1v) is 7.15. The van der Waals surface area contributed by atoms with E-state index in [4.69, 9.17) is 9.47 Å². The summed E-state index contributed by atoms with van der Waals surface area (Å²) in [6.07, 6.45) is 0.0149. The first-order valence-electron chi connectivity index (χ1n) is 7.15. The third-order valence-electron chi connectivity index (χ3n) is 2.93. The number of hydrogen-bond acceptors (Lipinski definition) is 3. The van der Waals surface area contributed by atoms with Crippen molar-refractivity contribution in [3.63, 3.8) is 0 Å². The molecule has 0 spiro atoms. The molecule has 0 heterocycles. The van der Waals surface area contributed by atoms with Gasteiger partial charge in [0.05, 0.1) is 23.8 Å². The first kappa shape index (κ1) is 15.1. The number of benzene rings is 2. The maximum atomic E-state index is 12.8. The second kappa shape index (κ2) is 6.93. The summed E-state index contributed by atoms with van der Waals surface area (Å²) in [5.41, 5.74) is 1.11. The van der Waals surface area contributed by atoms with Gasteiger partial charge in [-0.05, 0) is 45.0 Å². The molecule has 2 rings (SSSR count). The Balaban J connectivity index is 2.41. The van der Waals surface area contributed by atoms with Crippen LogP contribution in [0.1, 0.15) is 36.7 Å². The lowest BCUT2D eigenvalue weighted by molar-refractivity contribution is 0.102. The molecule has 0 bridgehead atoms. The summed E-state index contributed by atoms with van der Waals surface area (Å²) in [7, 11) is 0. The number of carbonyl (C=O) groups excluding carboxylic acids is 1. The van der Waals surface area contributed by atoms with E-state index in [1.807, 2.05) is 57.2 Å². The van der Waals surface area contributed by atoms with Crippen LogP contribution in [0.25, 0.3) is 0 Å². The van der Waals surface area contributed by atoms with Crippen LogP contribution in [0, 0.1) is 0 Å². The minimum Gasteiger partial charge on any atom is -0.493 e. The highest BCUT2D eigenvalue weighted by Gasteiger charge is 2.18. The Labute approximate surface area is 125 Å². The highest BCUT2D eigenvalue weighted by molar-refractivity contribution is 6.12. The number of carbonyl (C=O) groups is 1. The number of rotatable bonds is 6. The summed E-state index contributed by atoms with van der Waals surface area (Å²) < 4.78 is 11.3. The molecular formula is C18H20O3. The zero-order chi connectivity index (χ0) is 15.2. The van der Waals surface area contributed by atoms with E-state index in [2.05, 4.69) is 0 Å². The van der Waals surface area contributed by atoms with Gasteiger partial charge in [0.15, 0.2) is 5.78 Å². The lowest BCUT2D eigenvalue weighted by atomic mass is 10.0. The summed E-state index contributed by atoms with van der Waals surface area (Å²) in [5.74, 6) is 1.11. The van der Waals surface area contributed by atoms with Crippen LogP contribution in [0.2, 0.25) is 0 Å². The van der Waals surface area contributed by atoms with Crippen LogP contribution in [0.4, 0.5) is 0 Å². The third kappa shape index (κ3) is 3.63. The smallest absolute Gasteiger partial charge is 0.200 e. The van der Waals surface area contributed by atoms with E-state index in [-0.39, 0.29) is 11.9 Å². The summed E-state index contributed by atoms with van der Waals surface area (Å²) in [6.45, 7) is 6.30. The Morgan fingerprint density at radius 2 is 1.48 bits per heavy atom. The average molecular weight is 284 g/mol. The normalized spacial score (nSPS) is 10.5. The molecule has 21 heavy (non-hydrogen) atoms. The molecule has 0 N–H and O–H groups in total. The fourth-order valence-corrected chi connectivity index (χ4v) is 2.09. The SMILES string of the molecule is CCOc1ccccc1C(=O)c1ccccc1OC(C)C. The standard InChI is InChI=1S/C18H20O3/c1-4-20-16-11-7-5-9-14(16)18(19)15-10-6-8-12-17(15)21-13(2)3/h5-13H,4H2,1-3H3. The van der Waals surface area contributed by atoms with Crippen LogP contribution in [0.5, 0.6) is 11.5 Å². The van der Waals surface area contributed by atoms with Crippen molar-refractivity contribution in [1.82, 2.24) is 0 Å². The second-order valence-corrected chi connectivity index (χ2v) is 4.92. The van der Waals surface area contributed by atoms with Gasteiger partial charge in [-0.3, -0.25) is 4.79 Å². The Hall–Kier alpha value is -2.29. The van der Waals surface area contributed by atoms with Crippen molar-refractivity contribution in [3.8, 4) is 11.5 Å². The van der Waals surface area contributed by atoms with Gasteiger partial charge in [0.2, 0.25) is 0 Å². The van der Waals surface area contributed by atoms with Gasteiger partial charge in [0.1, 0.15) is 11.5 Å². The Morgan fingerprint density at radius 1 is 0.952 bits per heavy atom. The molecule has 0 saturated carbocycles. The van der Waals surface area contributed by atoms with Crippen molar-refractivity contribution in [2.24, 2.45) is 0 Å². The molecule has 3 heteroatoms. The fraction of sp³-hybridized carbons (Fsp3) is 0.278. The van der Waals surface area contributed by atoms with Crippen LogP contribution in [-0.4, -0.2) is 18.5 Å². The molecule has 0 aliphatic rings. The van der Waals surface area contributed by atoms with Crippen LogP contribution in [0.3, 0.4) is 0 Å². The zero-order valence-corrected chi connectivity index (χ0v) is 12.6. The van der Waals surface area contributed by atoms with Crippen molar-refractivity contribution in [1.29, 1.82) is 0 Å². The van der Waals surface area contributed by atoms with E-state index < -0.39 is 0 Å². The highest BCUT2D eigenvalue weighted by atomic mass is 16.5. The van der Waals surface area contributed by atoms with E-state index in [1.54, 1.807) is 12.1 Å². The van der Waals surface area contributed by atoms with Crippen LogP contribution in [-0.2, 0) is 0 Å². The summed E-state index contributed by atoms with van der Waals surface area (Å²) >= 11 is 0. The Morgan fingerprint density at radius 3 is 2.05 bits per heavy atom. The lowest BCUT2D eigenvalue weighted by Gasteiger charge is -2.14. The van der Waals surface area contributed by atoms with Crippen LogP contribution < -0.4 is 9.47 Å². The van der Waals surface area contributed by atoms with Crippen LogP contribution in [0.15, 0.2) is 48.5 Å². The number of para-hydroxylation sites is 2. The molecule has 2 aromatic rings. The van der Waals surface area contributed by atoms with Crippen molar-refractivity contribution in [3.05, 3.63) is 59.7 Å². The largest absolute Gasteiger partial charge is 0.493 e. The molecule has 0 aliphatic heterocycles. The predicted octanol–water partition coefficient (Wildman–Crippen LogP) is 4.10. The molecule has 0 unspecified atom stereocenters. The molecular weight excluding hydrogens is 264 g/mol. The van der Waals surface area contributed by atoms with Gasteiger partial charge < -0.3 is 9.47 Å². The third-order valence-corrected chi connectivity index (χ3v) is 2.93. The van der Waals surface area contributed by atoms with Crippen molar-refractivity contribution < 1.29 is 14.3 Å². The van der Waals surface area contributed by atoms with Gasteiger partial charge in [0.25, 0.3) is 0 Å². The molecule has 0 radical (unpaired) electrons. The van der Waals surface area contributed by atoms with Gasteiger partial charge >= 0.3 is 0 Å². The van der Waals surface area contributed by atoms with Gasteiger partial charge in [-0.2, -0.15) is 0 Å². The number of ketones is 1. The molecule has 3 nitrogen and oxygen atoms in total. The molecule has 0 atom stereocenters. The highest BCUT2D eigenvalue weighted by Crippen LogP contribution is 2.27. The molecule has 0 amide bonds. The van der Waals surface area contributed by atoms with E-state index in [1.165, 1.54) is 0 Å². The van der Waals surface area contributed by atoms with Gasteiger partial charge in [-0.15, -0.1) is 0 Å². The van der Waals surface area contributed by atoms with E-state index in [0.717, 1.165) is 0 Å². The molecule has 0 fully saturated rings. The molecule has 2 aromatic carbocycles. The average Bonchev–Trinajstić information content (AvgIpc) is 2.47. The lowest BCUT2D eigenvalue weighted by Crippen LogP contribution is -2.11. The quantitative estimate of drug-likeness (QED) is 0.749. The molecule has 0 saturated heterocycles. The minimum atomic E-state index is -0.0877. The Bertz CT molecular complexity index is 617. The molecule has 0 aliphatic carbocycles. The van der Waals surface area contributed by atoms with Gasteiger partial charge in [-0.1, -0.05) is 24.3 Å². The number of hydrogen-bond donors (Lipinski definition) is 0. The van der Waals surface area contributed by atoms with Gasteiger partial charge in [-0.25, -0.2) is 0 Å².